The Kier molecular flexibility index (Phi) is 4.26. The van der Waals surface area contributed by atoms with Crippen LogP contribution in [-0.2, 0) is 20.0 Å². The van der Waals surface area contributed by atoms with Gasteiger partial charge in [0.25, 0.3) is 20.0 Å². The van der Waals surface area contributed by atoms with Crippen molar-refractivity contribution in [3.63, 3.8) is 0 Å². The number of hydrogen-bond acceptors (Lipinski definition) is 4. The van der Waals surface area contributed by atoms with Crippen LogP contribution in [0.2, 0.25) is 0 Å². The number of rotatable bonds is 5. The molecule has 2 aromatic rings. The van der Waals surface area contributed by atoms with Crippen molar-refractivity contribution in [3.8, 4) is 0 Å². The lowest BCUT2D eigenvalue weighted by Gasteiger charge is -2.08. The summed E-state index contributed by atoms with van der Waals surface area (Å²) in [5.41, 5.74) is 0.736. The van der Waals surface area contributed by atoms with Gasteiger partial charge in [-0.05, 0) is 29.8 Å². The maximum Gasteiger partial charge on any atom is 0.253 e. The van der Waals surface area contributed by atoms with Gasteiger partial charge in [0.15, 0.2) is 0 Å². The predicted molar refractivity (Wildman–Crippen MR) is 80.5 cm³/mol. The minimum absolute atomic E-state index is 0.115. The molecule has 0 atom stereocenters. The molecule has 7 heteroatoms. The first-order chi connectivity index (χ1) is 9.85. The Bertz CT molecular complexity index is 840. The van der Waals surface area contributed by atoms with Crippen LogP contribution in [0.3, 0.4) is 0 Å². The Balaban J connectivity index is 2.35. The highest BCUT2D eigenvalue weighted by Gasteiger charge is 2.24. The average Bonchev–Trinajstić information content (AvgIpc) is 2.47. The Morgan fingerprint density at radius 2 is 1.24 bits per heavy atom. The fraction of sp³-hybridized carbons (Fsp3) is 0. The molecular weight excluding hydrogens is 310 g/mol. The molecule has 2 aromatic carbocycles. The second kappa shape index (κ2) is 5.80. The first-order valence-electron chi connectivity index (χ1n) is 5.91. The van der Waals surface area contributed by atoms with E-state index in [4.69, 9.17) is 0 Å². The van der Waals surface area contributed by atoms with E-state index in [2.05, 4.69) is 6.58 Å². The van der Waals surface area contributed by atoms with E-state index in [-0.39, 0.29) is 9.79 Å². The summed E-state index contributed by atoms with van der Waals surface area (Å²) in [6.07, 6.45) is 1.56. The summed E-state index contributed by atoms with van der Waals surface area (Å²) in [6.45, 7) is 3.56. The van der Waals surface area contributed by atoms with Crippen LogP contribution in [0.15, 0.2) is 71.0 Å². The molecule has 0 saturated heterocycles. The second-order valence-corrected chi connectivity index (χ2v) is 7.80. The third kappa shape index (κ3) is 3.57. The monoisotopic (exact) mass is 323 g/mol. The largest absolute Gasteiger partial charge is 0.253 e. The summed E-state index contributed by atoms with van der Waals surface area (Å²) in [4.78, 5) is -0.246. The Morgan fingerprint density at radius 1 is 0.762 bits per heavy atom. The maximum atomic E-state index is 12.1. The van der Waals surface area contributed by atoms with Crippen LogP contribution < -0.4 is 4.13 Å². The molecule has 1 N–H and O–H groups in total. The maximum absolute atomic E-state index is 12.1. The van der Waals surface area contributed by atoms with Gasteiger partial charge in [0.1, 0.15) is 0 Å². The Morgan fingerprint density at radius 3 is 1.71 bits per heavy atom. The van der Waals surface area contributed by atoms with E-state index in [9.17, 15) is 16.8 Å². The third-order valence-electron chi connectivity index (χ3n) is 2.70. The zero-order chi connectivity index (χ0) is 15.5. The Hall–Kier alpha value is -1.96. The van der Waals surface area contributed by atoms with Crippen molar-refractivity contribution in [1.82, 2.24) is 4.13 Å². The number of hydrogen-bond donors (Lipinski definition) is 1. The van der Waals surface area contributed by atoms with Crippen molar-refractivity contribution in [3.05, 3.63) is 66.7 Å². The van der Waals surface area contributed by atoms with E-state index in [1.807, 2.05) is 0 Å². The molecule has 2 rings (SSSR count). The summed E-state index contributed by atoms with van der Waals surface area (Å²) >= 11 is 0. The predicted octanol–water partition coefficient (Wildman–Crippen LogP) is 2.00. The molecule has 0 heterocycles. The van der Waals surface area contributed by atoms with Crippen LogP contribution in [0.1, 0.15) is 5.56 Å². The smallest absolute Gasteiger partial charge is 0.206 e. The highest BCUT2D eigenvalue weighted by molar-refractivity contribution is 8.04. The lowest BCUT2D eigenvalue weighted by molar-refractivity contribution is 0.577. The van der Waals surface area contributed by atoms with Crippen LogP contribution >= 0.6 is 0 Å². The fourth-order valence-electron chi connectivity index (χ4n) is 1.62. The van der Waals surface area contributed by atoms with Gasteiger partial charge in [-0.1, -0.05) is 43.0 Å². The zero-order valence-corrected chi connectivity index (χ0v) is 12.6. The molecule has 0 fully saturated rings. The molecule has 0 bridgehead atoms. The van der Waals surface area contributed by atoms with E-state index >= 15 is 0 Å². The van der Waals surface area contributed by atoms with Crippen LogP contribution in [0.5, 0.6) is 0 Å². The third-order valence-corrected chi connectivity index (χ3v) is 6.24. The first-order valence-corrected chi connectivity index (χ1v) is 8.88. The van der Waals surface area contributed by atoms with Crippen molar-refractivity contribution in [2.45, 2.75) is 9.79 Å². The Labute approximate surface area is 124 Å². The minimum Gasteiger partial charge on any atom is -0.206 e. The lowest BCUT2D eigenvalue weighted by atomic mass is 10.2. The molecule has 0 aliphatic rings. The number of benzene rings is 2. The topological polar surface area (TPSA) is 80.3 Å². The van der Waals surface area contributed by atoms with Gasteiger partial charge in [-0.2, -0.15) is 0 Å². The van der Waals surface area contributed by atoms with E-state index in [0.717, 1.165) is 5.56 Å². The lowest BCUT2D eigenvalue weighted by Crippen LogP contribution is -2.30. The molecule has 0 unspecified atom stereocenters. The van der Waals surface area contributed by atoms with Crippen LogP contribution in [-0.4, -0.2) is 16.8 Å². The normalized spacial score (nSPS) is 12.0. The van der Waals surface area contributed by atoms with Gasteiger partial charge in [0, 0.05) is 0 Å². The van der Waals surface area contributed by atoms with Gasteiger partial charge in [0.05, 0.1) is 9.79 Å². The molecule has 0 spiro atoms. The number of nitrogens with one attached hydrogen (secondary N) is 1. The molecule has 0 amide bonds. The highest BCUT2D eigenvalue weighted by atomic mass is 32.3. The quantitative estimate of drug-likeness (QED) is 0.912. The van der Waals surface area contributed by atoms with Gasteiger partial charge >= 0.3 is 0 Å². The van der Waals surface area contributed by atoms with Crippen molar-refractivity contribution < 1.29 is 16.8 Å². The summed E-state index contributed by atoms with van der Waals surface area (Å²) < 4.78 is 50.0. The molecule has 0 radical (unpaired) electrons. The SMILES string of the molecule is C=Cc1ccc(S(=O)(=O)NS(=O)(=O)c2ccccc2)cc1. The first kappa shape index (κ1) is 15.4. The molecule has 0 aliphatic carbocycles. The van der Waals surface area contributed by atoms with Crippen molar-refractivity contribution in [2.24, 2.45) is 0 Å². The van der Waals surface area contributed by atoms with E-state index in [0.29, 0.717) is 0 Å². The van der Waals surface area contributed by atoms with Crippen molar-refractivity contribution in [1.29, 1.82) is 0 Å². The van der Waals surface area contributed by atoms with Gasteiger partial charge < -0.3 is 0 Å². The fourth-order valence-corrected chi connectivity index (χ4v) is 4.56. The van der Waals surface area contributed by atoms with E-state index in [1.165, 1.54) is 48.5 Å². The van der Waals surface area contributed by atoms with Crippen LogP contribution in [0.25, 0.3) is 6.08 Å². The summed E-state index contributed by atoms with van der Waals surface area (Å²) in [5, 5.41) is 0. The average molecular weight is 323 g/mol. The van der Waals surface area contributed by atoms with Crippen molar-refractivity contribution >= 4 is 26.1 Å². The molecule has 5 nitrogen and oxygen atoms in total. The highest BCUT2D eigenvalue weighted by Crippen LogP contribution is 2.15. The summed E-state index contributed by atoms with van der Waals surface area (Å²) in [5.74, 6) is 0. The van der Waals surface area contributed by atoms with Crippen LogP contribution in [0, 0.1) is 0 Å². The summed E-state index contributed by atoms with van der Waals surface area (Å²) in [6, 6.07) is 13.0. The second-order valence-electron chi connectivity index (χ2n) is 4.18. The minimum atomic E-state index is -4.16. The van der Waals surface area contributed by atoms with Gasteiger partial charge in [0.2, 0.25) is 0 Å². The standard InChI is InChI=1S/C14H13NO4S2/c1-2-12-8-10-14(11-9-12)21(18,19)15-20(16,17)13-6-4-3-5-7-13/h2-11,15H,1H2. The van der Waals surface area contributed by atoms with Gasteiger partial charge in [-0.3, -0.25) is 0 Å². The molecule has 0 saturated carbocycles. The van der Waals surface area contributed by atoms with Crippen LogP contribution in [0.4, 0.5) is 0 Å². The van der Waals surface area contributed by atoms with E-state index < -0.39 is 20.0 Å². The van der Waals surface area contributed by atoms with Crippen molar-refractivity contribution in [2.75, 3.05) is 0 Å². The zero-order valence-electron chi connectivity index (χ0n) is 10.9. The molecule has 0 aromatic heterocycles. The molecule has 21 heavy (non-hydrogen) atoms. The number of sulfonamides is 2. The van der Waals surface area contributed by atoms with Gasteiger partial charge in [-0.25, -0.2) is 16.8 Å². The molecule has 110 valence electrons. The van der Waals surface area contributed by atoms with E-state index in [1.54, 1.807) is 16.3 Å². The summed E-state index contributed by atoms with van der Waals surface area (Å²) in [7, 11) is -8.30. The van der Waals surface area contributed by atoms with Gasteiger partial charge in [-0.15, -0.1) is 4.13 Å². The molecule has 0 aliphatic heterocycles. The molecular formula is C14H13NO4S2.